The summed E-state index contributed by atoms with van der Waals surface area (Å²) in [5.74, 6) is -0.162. The zero-order valence-electron chi connectivity index (χ0n) is 8.73. The number of amides is 1. The molecule has 0 saturated carbocycles. The Labute approximate surface area is 93.1 Å². The average molecular weight is 217 g/mol. The number of rotatable bonds is 4. The second-order valence-corrected chi connectivity index (χ2v) is 2.88. The minimum Gasteiger partial charge on any atom is -0.495 e. The number of hydrogen-bond acceptors (Lipinski definition) is 4. The second kappa shape index (κ2) is 5.41. The van der Waals surface area contributed by atoms with Crippen LogP contribution in [0, 0.1) is 11.3 Å². The molecule has 0 fully saturated rings. The summed E-state index contributed by atoms with van der Waals surface area (Å²) >= 11 is 0. The van der Waals surface area contributed by atoms with Crippen molar-refractivity contribution in [2.75, 3.05) is 12.4 Å². The van der Waals surface area contributed by atoms with E-state index in [1.165, 1.54) is 13.3 Å². The molecule has 16 heavy (non-hydrogen) atoms. The van der Waals surface area contributed by atoms with Gasteiger partial charge in [0.15, 0.2) is 0 Å². The number of nitrogens with one attached hydrogen (secondary N) is 1. The van der Waals surface area contributed by atoms with E-state index in [9.17, 15) is 4.79 Å². The van der Waals surface area contributed by atoms with Crippen LogP contribution in [-0.4, -0.2) is 13.0 Å². The van der Waals surface area contributed by atoms with Gasteiger partial charge in [-0.2, -0.15) is 5.26 Å². The topological polar surface area (TPSA) is 88.1 Å². The van der Waals surface area contributed by atoms with Crippen LogP contribution in [0.5, 0.6) is 5.75 Å². The number of ether oxygens (including phenoxy) is 1. The van der Waals surface area contributed by atoms with Crippen LogP contribution < -0.4 is 15.8 Å². The standard InChI is InChI=1S/C11H11N3O2/c1-16-10-5-3-2-4-9(10)14-7-8(6-12)11(13)15/h2-5,7,14H,1H3,(H2,13,15)/b8-7+. The molecular weight excluding hydrogens is 206 g/mol. The summed E-state index contributed by atoms with van der Waals surface area (Å²) < 4.78 is 5.08. The summed E-state index contributed by atoms with van der Waals surface area (Å²) in [6.07, 6.45) is 1.25. The highest BCUT2D eigenvalue weighted by molar-refractivity contribution is 5.96. The predicted molar refractivity (Wildman–Crippen MR) is 59.5 cm³/mol. The van der Waals surface area contributed by atoms with Gasteiger partial charge < -0.3 is 15.8 Å². The van der Waals surface area contributed by atoms with Gasteiger partial charge in [0.05, 0.1) is 12.8 Å². The van der Waals surface area contributed by atoms with Gasteiger partial charge in [0.2, 0.25) is 0 Å². The lowest BCUT2D eigenvalue weighted by atomic mass is 10.2. The van der Waals surface area contributed by atoms with E-state index in [4.69, 9.17) is 15.7 Å². The molecule has 1 aromatic carbocycles. The van der Waals surface area contributed by atoms with E-state index in [1.54, 1.807) is 24.3 Å². The van der Waals surface area contributed by atoms with E-state index in [1.807, 2.05) is 6.07 Å². The van der Waals surface area contributed by atoms with Crippen LogP contribution in [0.1, 0.15) is 0 Å². The van der Waals surface area contributed by atoms with Gasteiger partial charge in [-0.25, -0.2) is 0 Å². The fourth-order valence-electron chi connectivity index (χ4n) is 1.07. The molecule has 3 N–H and O–H groups in total. The lowest BCUT2D eigenvalue weighted by Gasteiger charge is -2.07. The number of nitrogens with two attached hydrogens (primary N) is 1. The number of nitriles is 1. The number of nitrogens with zero attached hydrogens (tertiary/aromatic N) is 1. The van der Waals surface area contributed by atoms with Crippen LogP contribution in [0.15, 0.2) is 36.0 Å². The molecule has 0 aliphatic rings. The summed E-state index contributed by atoms with van der Waals surface area (Å²) in [4.78, 5) is 10.8. The third-order valence-corrected chi connectivity index (χ3v) is 1.86. The normalized spacial score (nSPS) is 10.4. The number of primary amides is 1. The van der Waals surface area contributed by atoms with Crippen molar-refractivity contribution in [3.05, 3.63) is 36.0 Å². The van der Waals surface area contributed by atoms with Crippen LogP contribution in [0.4, 0.5) is 5.69 Å². The molecule has 5 nitrogen and oxygen atoms in total. The maximum Gasteiger partial charge on any atom is 0.260 e. The molecule has 1 amide bonds. The molecule has 0 heterocycles. The smallest absolute Gasteiger partial charge is 0.260 e. The lowest BCUT2D eigenvalue weighted by Crippen LogP contribution is -2.13. The summed E-state index contributed by atoms with van der Waals surface area (Å²) in [6.45, 7) is 0. The molecule has 0 spiro atoms. The van der Waals surface area contributed by atoms with Crippen LogP contribution in [-0.2, 0) is 4.79 Å². The number of carbonyl (C=O) groups excluding carboxylic acids is 1. The first-order valence-electron chi connectivity index (χ1n) is 4.48. The van der Waals surface area contributed by atoms with Gasteiger partial charge >= 0.3 is 0 Å². The number of benzene rings is 1. The average Bonchev–Trinajstić information content (AvgIpc) is 2.30. The monoisotopic (exact) mass is 217 g/mol. The van der Waals surface area contributed by atoms with Gasteiger partial charge in [0.1, 0.15) is 17.4 Å². The van der Waals surface area contributed by atoms with E-state index in [-0.39, 0.29) is 5.57 Å². The quantitative estimate of drug-likeness (QED) is 0.581. The highest BCUT2D eigenvalue weighted by atomic mass is 16.5. The number of hydrogen-bond donors (Lipinski definition) is 2. The Hall–Kier alpha value is -2.48. The fourth-order valence-corrected chi connectivity index (χ4v) is 1.07. The Bertz CT molecular complexity index is 461. The summed E-state index contributed by atoms with van der Waals surface area (Å²) in [5, 5.41) is 11.4. The van der Waals surface area contributed by atoms with Crippen LogP contribution in [0.25, 0.3) is 0 Å². The molecule has 0 aliphatic carbocycles. The van der Waals surface area contributed by atoms with Crippen LogP contribution in [0.3, 0.4) is 0 Å². The predicted octanol–water partition coefficient (Wildman–Crippen LogP) is 1.000. The molecule has 5 heteroatoms. The molecule has 0 radical (unpaired) electrons. The van der Waals surface area contributed by atoms with Crippen LogP contribution in [0.2, 0.25) is 0 Å². The largest absolute Gasteiger partial charge is 0.495 e. The van der Waals surface area contributed by atoms with Gasteiger partial charge in [0, 0.05) is 6.20 Å². The maximum atomic E-state index is 10.8. The molecule has 0 unspecified atom stereocenters. The highest BCUT2D eigenvalue weighted by Crippen LogP contribution is 2.22. The maximum absolute atomic E-state index is 10.8. The summed E-state index contributed by atoms with van der Waals surface area (Å²) in [7, 11) is 1.53. The Balaban J connectivity index is 2.89. The van der Waals surface area contributed by atoms with E-state index in [0.29, 0.717) is 11.4 Å². The molecular formula is C11H11N3O2. The third-order valence-electron chi connectivity index (χ3n) is 1.86. The molecule has 0 bridgehead atoms. The van der Waals surface area contributed by atoms with Gasteiger partial charge in [-0.15, -0.1) is 0 Å². The van der Waals surface area contributed by atoms with Crippen molar-refractivity contribution in [1.29, 1.82) is 5.26 Å². The SMILES string of the molecule is COc1ccccc1N/C=C(\C#N)C(N)=O. The number of methoxy groups -OCH3 is 1. The first kappa shape index (κ1) is 11.6. The molecule has 0 aromatic heterocycles. The van der Waals surface area contributed by atoms with Crippen molar-refractivity contribution in [2.45, 2.75) is 0 Å². The van der Waals surface area contributed by atoms with E-state index in [0.717, 1.165) is 0 Å². The number of para-hydroxylation sites is 2. The van der Waals surface area contributed by atoms with Crippen molar-refractivity contribution in [3.63, 3.8) is 0 Å². The Morgan fingerprint density at radius 3 is 2.81 bits per heavy atom. The van der Waals surface area contributed by atoms with Gasteiger partial charge in [-0.05, 0) is 12.1 Å². The zero-order chi connectivity index (χ0) is 12.0. The summed E-state index contributed by atoms with van der Waals surface area (Å²) in [6, 6.07) is 8.82. The number of anilines is 1. The van der Waals surface area contributed by atoms with Crippen LogP contribution >= 0.6 is 0 Å². The number of carbonyl (C=O) groups is 1. The Morgan fingerprint density at radius 1 is 1.56 bits per heavy atom. The van der Waals surface area contributed by atoms with Gasteiger partial charge in [-0.1, -0.05) is 12.1 Å². The van der Waals surface area contributed by atoms with Crippen molar-refractivity contribution in [1.82, 2.24) is 0 Å². The molecule has 82 valence electrons. The van der Waals surface area contributed by atoms with Gasteiger partial charge in [-0.3, -0.25) is 4.79 Å². The van der Waals surface area contributed by atoms with Crippen molar-refractivity contribution in [2.24, 2.45) is 5.73 Å². The molecule has 1 rings (SSSR count). The van der Waals surface area contributed by atoms with E-state index < -0.39 is 5.91 Å². The van der Waals surface area contributed by atoms with Crippen molar-refractivity contribution < 1.29 is 9.53 Å². The third kappa shape index (κ3) is 2.75. The van der Waals surface area contributed by atoms with E-state index >= 15 is 0 Å². The minimum absolute atomic E-state index is 0.147. The van der Waals surface area contributed by atoms with E-state index in [2.05, 4.69) is 5.32 Å². The Morgan fingerprint density at radius 2 is 2.25 bits per heavy atom. The molecule has 1 aromatic rings. The summed E-state index contributed by atoms with van der Waals surface area (Å²) in [5.41, 5.74) is 5.49. The molecule has 0 aliphatic heterocycles. The highest BCUT2D eigenvalue weighted by Gasteiger charge is 2.04. The van der Waals surface area contributed by atoms with Crippen molar-refractivity contribution >= 4 is 11.6 Å². The lowest BCUT2D eigenvalue weighted by molar-refractivity contribution is -0.114. The second-order valence-electron chi connectivity index (χ2n) is 2.88. The molecule has 0 atom stereocenters. The molecule has 0 saturated heterocycles. The first-order valence-corrected chi connectivity index (χ1v) is 4.48. The minimum atomic E-state index is -0.773. The van der Waals surface area contributed by atoms with Crippen molar-refractivity contribution in [3.8, 4) is 11.8 Å². The Kier molecular flexibility index (Phi) is 3.92. The van der Waals surface area contributed by atoms with Gasteiger partial charge in [0.25, 0.3) is 5.91 Å². The zero-order valence-corrected chi connectivity index (χ0v) is 8.73. The first-order chi connectivity index (χ1) is 7.69. The fraction of sp³-hybridized carbons (Fsp3) is 0.0909.